The maximum absolute atomic E-state index is 5.52. The van der Waals surface area contributed by atoms with Crippen molar-refractivity contribution in [2.45, 2.75) is 27.7 Å². The van der Waals surface area contributed by atoms with E-state index in [1.54, 1.807) is 0 Å². The van der Waals surface area contributed by atoms with Gasteiger partial charge in [0, 0.05) is 11.1 Å². The Balaban J connectivity index is 2.19. The zero-order valence-electron chi connectivity index (χ0n) is 14.7. The molecule has 0 aliphatic carbocycles. The topological polar surface area (TPSA) is 43.2 Å². The number of rotatable bonds is 7. The highest BCUT2D eigenvalue weighted by molar-refractivity contribution is 6.02. The van der Waals surface area contributed by atoms with Crippen LogP contribution in [-0.4, -0.2) is 24.6 Å². The second kappa shape index (κ2) is 8.87. The fourth-order valence-electron chi connectivity index (χ4n) is 2.22. The van der Waals surface area contributed by atoms with E-state index in [2.05, 4.69) is 10.2 Å². The molecule has 0 heterocycles. The summed E-state index contributed by atoms with van der Waals surface area (Å²) >= 11 is 0. The minimum Gasteiger partial charge on any atom is -0.494 e. The van der Waals surface area contributed by atoms with Crippen LogP contribution in [0, 0.1) is 0 Å². The van der Waals surface area contributed by atoms with E-state index in [9.17, 15) is 0 Å². The molecule has 0 N–H and O–H groups in total. The molecule has 4 heteroatoms. The molecule has 0 saturated carbocycles. The Kier molecular flexibility index (Phi) is 6.55. The number of benzene rings is 2. The molecule has 0 radical (unpaired) electrons. The Morgan fingerprint density at radius 1 is 0.750 bits per heavy atom. The Bertz CT molecular complexity index is 672. The molecule has 2 aromatic carbocycles. The monoisotopic (exact) mass is 324 g/mol. The molecule has 2 rings (SSSR count). The van der Waals surface area contributed by atoms with Crippen molar-refractivity contribution in [3.8, 4) is 11.5 Å². The van der Waals surface area contributed by atoms with Crippen LogP contribution in [0.4, 0.5) is 0 Å². The standard InChI is InChI=1S/C20H24N2O2/c1-5-23-19-11-7-9-17(13-19)15(3)21-22-16(4)18-10-8-12-20(14-18)24-6-2/h7-14H,5-6H2,1-4H3/b21-15-,22-16+. The fourth-order valence-corrected chi connectivity index (χ4v) is 2.22. The lowest BCUT2D eigenvalue weighted by atomic mass is 10.1. The van der Waals surface area contributed by atoms with E-state index in [1.165, 1.54) is 0 Å². The second-order valence-electron chi connectivity index (χ2n) is 5.29. The van der Waals surface area contributed by atoms with Gasteiger partial charge in [-0.2, -0.15) is 10.2 Å². The highest BCUT2D eigenvalue weighted by Crippen LogP contribution is 2.16. The summed E-state index contributed by atoms with van der Waals surface area (Å²) in [7, 11) is 0. The maximum atomic E-state index is 5.52. The van der Waals surface area contributed by atoms with E-state index < -0.39 is 0 Å². The minimum atomic E-state index is 0.646. The van der Waals surface area contributed by atoms with E-state index in [-0.39, 0.29) is 0 Å². The van der Waals surface area contributed by atoms with Crippen LogP contribution in [0.1, 0.15) is 38.8 Å². The number of hydrogen-bond acceptors (Lipinski definition) is 4. The molecule has 0 aliphatic heterocycles. The Morgan fingerprint density at radius 3 is 1.54 bits per heavy atom. The number of hydrogen-bond donors (Lipinski definition) is 0. The SMILES string of the molecule is CCOc1cccc(/C(C)=N\N=C(/C)c2cccc(OCC)c2)c1. The van der Waals surface area contributed by atoms with Gasteiger partial charge < -0.3 is 9.47 Å². The Hall–Kier alpha value is -2.62. The average molecular weight is 324 g/mol. The Morgan fingerprint density at radius 2 is 1.17 bits per heavy atom. The van der Waals surface area contributed by atoms with E-state index in [0.29, 0.717) is 13.2 Å². The van der Waals surface area contributed by atoms with Crippen molar-refractivity contribution in [1.82, 2.24) is 0 Å². The van der Waals surface area contributed by atoms with Crippen LogP contribution in [0.15, 0.2) is 58.7 Å². The summed E-state index contributed by atoms with van der Waals surface area (Å²) in [6, 6.07) is 15.8. The molecule has 0 amide bonds. The summed E-state index contributed by atoms with van der Waals surface area (Å²) in [5.74, 6) is 1.68. The van der Waals surface area contributed by atoms with Crippen LogP contribution in [0.25, 0.3) is 0 Å². The van der Waals surface area contributed by atoms with Gasteiger partial charge in [0.2, 0.25) is 0 Å². The van der Waals surface area contributed by atoms with Gasteiger partial charge in [0.1, 0.15) is 11.5 Å². The zero-order chi connectivity index (χ0) is 17.4. The number of nitrogens with zero attached hydrogens (tertiary/aromatic N) is 2. The van der Waals surface area contributed by atoms with Gasteiger partial charge in [-0.3, -0.25) is 0 Å². The van der Waals surface area contributed by atoms with Gasteiger partial charge in [0.25, 0.3) is 0 Å². The van der Waals surface area contributed by atoms with Crippen LogP contribution in [-0.2, 0) is 0 Å². The van der Waals surface area contributed by atoms with Crippen LogP contribution in [0.3, 0.4) is 0 Å². The molecular weight excluding hydrogens is 300 g/mol. The molecule has 0 aromatic heterocycles. The molecule has 0 atom stereocenters. The first-order valence-corrected chi connectivity index (χ1v) is 8.19. The highest BCUT2D eigenvalue weighted by Gasteiger charge is 2.02. The van der Waals surface area contributed by atoms with Gasteiger partial charge in [0.05, 0.1) is 24.6 Å². The summed E-state index contributed by atoms with van der Waals surface area (Å²) in [6.07, 6.45) is 0. The summed E-state index contributed by atoms with van der Waals surface area (Å²) < 4.78 is 11.0. The normalized spacial score (nSPS) is 12.2. The van der Waals surface area contributed by atoms with Crippen LogP contribution in [0.5, 0.6) is 11.5 Å². The first kappa shape index (κ1) is 17.7. The molecule has 0 fully saturated rings. The lowest BCUT2D eigenvalue weighted by molar-refractivity contribution is 0.340. The van der Waals surface area contributed by atoms with E-state index in [4.69, 9.17) is 9.47 Å². The van der Waals surface area contributed by atoms with Crippen LogP contribution < -0.4 is 9.47 Å². The van der Waals surface area contributed by atoms with Crippen molar-refractivity contribution < 1.29 is 9.47 Å². The predicted molar refractivity (Wildman–Crippen MR) is 99.6 cm³/mol. The lowest BCUT2D eigenvalue weighted by Gasteiger charge is -2.06. The summed E-state index contributed by atoms with van der Waals surface area (Å²) in [5, 5.41) is 8.71. The van der Waals surface area contributed by atoms with Gasteiger partial charge >= 0.3 is 0 Å². The third kappa shape index (κ3) is 4.95. The third-order valence-corrected chi connectivity index (χ3v) is 3.48. The van der Waals surface area contributed by atoms with Gasteiger partial charge in [-0.25, -0.2) is 0 Å². The van der Waals surface area contributed by atoms with E-state index in [0.717, 1.165) is 34.0 Å². The smallest absolute Gasteiger partial charge is 0.119 e. The molecular formula is C20H24N2O2. The third-order valence-electron chi connectivity index (χ3n) is 3.48. The largest absolute Gasteiger partial charge is 0.494 e. The van der Waals surface area contributed by atoms with Crippen molar-refractivity contribution in [3.05, 3.63) is 59.7 Å². The second-order valence-corrected chi connectivity index (χ2v) is 5.29. The fraction of sp³-hybridized carbons (Fsp3) is 0.300. The van der Waals surface area contributed by atoms with Crippen molar-refractivity contribution in [2.75, 3.05) is 13.2 Å². The van der Waals surface area contributed by atoms with Crippen molar-refractivity contribution in [1.29, 1.82) is 0 Å². The molecule has 0 unspecified atom stereocenters. The molecule has 2 aromatic rings. The molecule has 0 saturated heterocycles. The highest BCUT2D eigenvalue weighted by atomic mass is 16.5. The molecule has 0 spiro atoms. The number of ether oxygens (including phenoxy) is 2. The quantitative estimate of drug-likeness (QED) is 0.546. The van der Waals surface area contributed by atoms with Crippen LogP contribution in [0.2, 0.25) is 0 Å². The molecule has 0 aliphatic rings. The summed E-state index contributed by atoms with van der Waals surface area (Å²) in [5.41, 5.74) is 3.69. The zero-order valence-corrected chi connectivity index (χ0v) is 14.7. The Labute approximate surface area is 143 Å². The first-order valence-electron chi connectivity index (χ1n) is 8.19. The maximum Gasteiger partial charge on any atom is 0.119 e. The summed E-state index contributed by atoms with van der Waals surface area (Å²) in [6.45, 7) is 9.12. The van der Waals surface area contributed by atoms with Crippen molar-refractivity contribution >= 4 is 11.4 Å². The first-order chi connectivity index (χ1) is 11.6. The molecule has 4 nitrogen and oxygen atoms in total. The molecule has 126 valence electrons. The molecule has 0 bridgehead atoms. The molecule has 24 heavy (non-hydrogen) atoms. The summed E-state index contributed by atoms with van der Waals surface area (Å²) in [4.78, 5) is 0. The van der Waals surface area contributed by atoms with Gasteiger partial charge in [-0.1, -0.05) is 24.3 Å². The lowest BCUT2D eigenvalue weighted by Crippen LogP contribution is -1.99. The predicted octanol–water partition coefficient (Wildman–Crippen LogP) is 4.72. The van der Waals surface area contributed by atoms with E-state index in [1.807, 2.05) is 76.2 Å². The van der Waals surface area contributed by atoms with Gasteiger partial charge in [-0.15, -0.1) is 0 Å². The van der Waals surface area contributed by atoms with E-state index >= 15 is 0 Å². The van der Waals surface area contributed by atoms with Gasteiger partial charge in [-0.05, 0) is 52.0 Å². The van der Waals surface area contributed by atoms with Crippen molar-refractivity contribution in [3.63, 3.8) is 0 Å². The average Bonchev–Trinajstić information content (AvgIpc) is 2.60. The van der Waals surface area contributed by atoms with Gasteiger partial charge in [0.15, 0.2) is 0 Å². The minimum absolute atomic E-state index is 0.646. The van der Waals surface area contributed by atoms with Crippen LogP contribution >= 0.6 is 0 Å². The van der Waals surface area contributed by atoms with Crippen molar-refractivity contribution in [2.24, 2.45) is 10.2 Å².